The Labute approximate surface area is 118 Å². The summed E-state index contributed by atoms with van der Waals surface area (Å²) < 4.78 is 28.7. The van der Waals surface area contributed by atoms with Gasteiger partial charge in [0.25, 0.3) is 0 Å². The molecule has 2 aromatic rings. The van der Waals surface area contributed by atoms with Crippen molar-refractivity contribution in [2.75, 3.05) is 5.75 Å². The van der Waals surface area contributed by atoms with E-state index >= 15 is 0 Å². The van der Waals surface area contributed by atoms with Crippen molar-refractivity contribution < 1.29 is 18.7 Å². The van der Waals surface area contributed by atoms with Gasteiger partial charge in [-0.15, -0.1) is 0 Å². The van der Waals surface area contributed by atoms with Gasteiger partial charge in [-0.3, -0.25) is 4.79 Å². The Balaban J connectivity index is 2.58. The summed E-state index contributed by atoms with van der Waals surface area (Å²) in [4.78, 5) is 14.8. The lowest BCUT2D eigenvalue weighted by molar-refractivity contribution is -0.133. The first-order valence-electron chi connectivity index (χ1n) is 5.73. The SMILES string of the molecule is C=C(C)Cn1c(SCC(=O)O)nc2ccc(F)c(F)c21. The molecule has 1 N–H and O–H groups in total. The standard InChI is InChI=1S/C13H12F2N2O2S/c1-7(2)5-17-12-9(4-3-8(14)11(12)15)16-13(17)20-6-10(18)19/h3-4H,1,5-6H2,2H3,(H,18,19). The van der Waals surface area contributed by atoms with Gasteiger partial charge in [0.05, 0.1) is 11.3 Å². The van der Waals surface area contributed by atoms with Gasteiger partial charge in [0, 0.05) is 6.54 Å². The maximum Gasteiger partial charge on any atom is 0.313 e. The van der Waals surface area contributed by atoms with Gasteiger partial charge in [-0.1, -0.05) is 23.9 Å². The molecule has 0 bridgehead atoms. The second kappa shape index (κ2) is 5.62. The summed E-state index contributed by atoms with van der Waals surface area (Å²) in [5.74, 6) is -3.16. The quantitative estimate of drug-likeness (QED) is 0.681. The molecule has 0 saturated heterocycles. The Morgan fingerprint density at radius 3 is 2.80 bits per heavy atom. The van der Waals surface area contributed by atoms with Crippen LogP contribution in [-0.2, 0) is 11.3 Å². The van der Waals surface area contributed by atoms with Gasteiger partial charge in [0.1, 0.15) is 5.52 Å². The molecule has 0 aliphatic rings. The lowest BCUT2D eigenvalue weighted by atomic mass is 10.2. The minimum absolute atomic E-state index is 0.0286. The number of fused-ring (bicyclic) bond motifs is 1. The van der Waals surface area contributed by atoms with Crippen molar-refractivity contribution in [1.82, 2.24) is 9.55 Å². The predicted octanol–water partition coefficient (Wildman–Crippen LogP) is 3.07. The van der Waals surface area contributed by atoms with E-state index in [0.29, 0.717) is 5.16 Å². The largest absolute Gasteiger partial charge is 0.481 e. The number of carboxylic acids is 1. The van der Waals surface area contributed by atoms with Gasteiger partial charge in [0.2, 0.25) is 0 Å². The summed E-state index contributed by atoms with van der Waals surface area (Å²) in [6, 6.07) is 2.37. The molecule has 4 nitrogen and oxygen atoms in total. The molecule has 0 amide bonds. The van der Waals surface area contributed by atoms with Crippen LogP contribution in [0.2, 0.25) is 0 Å². The fourth-order valence-corrected chi connectivity index (χ4v) is 2.52. The van der Waals surface area contributed by atoms with Crippen LogP contribution in [0.5, 0.6) is 0 Å². The monoisotopic (exact) mass is 298 g/mol. The van der Waals surface area contributed by atoms with Crippen LogP contribution in [0.1, 0.15) is 6.92 Å². The number of allylic oxidation sites excluding steroid dienone is 1. The van der Waals surface area contributed by atoms with Gasteiger partial charge in [-0.05, 0) is 19.1 Å². The number of benzene rings is 1. The molecule has 0 aliphatic carbocycles. The first kappa shape index (κ1) is 14.5. The van der Waals surface area contributed by atoms with E-state index in [1.165, 1.54) is 10.6 Å². The van der Waals surface area contributed by atoms with Crippen molar-refractivity contribution in [3.8, 4) is 0 Å². The van der Waals surface area contributed by atoms with Crippen molar-refractivity contribution in [2.24, 2.45) is 0 Å². The van der Waals surface area contributed by atoms with Crippen LogP contribution in [0.15, 0.2) is 29.4 Å². The molecule has 0 atom stereocenters. The lowest BCUT2D eigenvalue weighted by Crippen LogP contribution is -2.05. The Morgan fingerprint density at radius 2 is 2.20 bits per heavy atom. The molecule has 1 aromatic carbocycles. The first-order valence-corrected chi connectivity index (χ1v) is 6.72. The molecule has 7 heteroatoms. The van der Waals surface area contributed by atoms with Crippen LogP contribution in [0.3, 0.4) is 0 Å². The van der Waals surface area contributed by atoms with Crippen molar-refractivity contribution in [1.29, 1.82) is 0 Å². The van der Waals surface area contributed by atoms with Gasteiger partial charge < -0.3 is 9.67 Å². The molecule has 0 radical (unpaired) electrons. The number of halogens is 2. The summed E-state index contributed by atoms with van der Waals surface area (Å²) in [6.45, 7) is 5.73. The first-order chi connectivity index (χ1) is 9.40. The number of imidazole rings is 1. The molecule has 2 rings (SSSR count). The number of aliphatic carboxylic acids is 1. The fourth-order valence-electron chi connectivity index (χ4n) is 1.79. The number of hydrogen-bond acceptors (Lipinski definition) is 3. The normalized spacial score (nSPS) is 10.9. The third kappa shape index (κ3) is 2.82. The van der Waals surface area contributed by atoms with E-state index in [4.69, 9.17) is 5.11 Å². The summed E-state index contributed by atoms with van der Waals surface area (Å²) in [5.41, 5.74) is 1.05. The Morgan fingerprint density at radius 1 is 1.50 bits per heavy atom. The molecular formula is C13H12F2N2O2S. The smallest absolute Gasteiger partial charge is 0.313 e. The molecule has 0 saturated carbocycles. The van der Waals surface area contributed by atoms with Gasteiger partial charge in [-0.25, -0.2) is 13.8 Å². The van der Waals surface area contributed by atoms with E-state index in [2.05, 4.69) is 11.6 Å². The van der Waals surface area contributed by atoms with Crippen LogP contribution >= 0.6 is 11.8 Å². The van der Waals surface area contributed by atoms with Gasteiger partial charge >= 0.3 is 5.97 Å². The van der Waals surface area contributed by atoms with E-state index in [0.717, 1.165) is 23.4 Å². The molecule has 1 heterocycles. The molecule has 0 spiro atoms. The summed E-state index contributed by atoms with van der Waals surface area (Å²) >= 11 is 0.960. The number of aromatic nitrogens is 2. The highest BCUT2D eigenvalue weighted by atomic mass is 32.2. The maximum atomic E-state index is 13.9. The van der Waals surface area contributed by atoms with E-state index in [9.17, 15) is 13.6 Å². The number of rotatable bonds is 5. The molecule has 20 heavy (non-hydrogen) atoms. The Bertz CT molecular complexity index is 697. The molecule has 0 fully saturated rings. The summed E-state index contributed by atoms with van der Waals surface area (Å²) in [7, 11) is 0. The number of thioether (sulfide) groups is 1. The second-order valence-electron chi connectivity index (χ2n) is 4.35. The number of hydrogen-bond donors (Lipinski definition) is 1. The lowest BCUT2D eigenvalue weighted by Gasteiger charge is -2.08. The number of carboxylic acid groups (broad SMARTS) is 1. The minimum atomic E-state index is -1.00. The molecule has 106 valence electrons. The van der Waals surface area contributed by atoms with Gasteiger partial charge in [-0.2, -0.15) is 0 Å². The Kier molecular flexibility index (Phi) is 4.08. The number of carbonyl (C=O) groups is 1. The number of nitrogens with zero attached hydrogens (tertiary/aromatic N) is 2. The highest BCUT2D eigenvalue weighted by Crippen LogP contribution is 2.27. The molecule has 1 aromatic heterocycles. The predicted molar refractivity (Wildman–Crippen MR) is 72.8 cm³/mol. The fraction of sp³-hybridized carbons (Fsp3) is 0.231. The van der Waals surface area contributed by atoms with Crippen molar-refractivity contribution in [2.45, 2.75) is 18.6 Å². The highest BCUT2D eigenvalue weighted by Gasteiger charge is 2.18. The van der Waals surface area contributed by atoms with E-state index < -0.39 is 17.6 Å². The van der Waals surface area contributed by atoms with Crippen LogP contribution in [-0.4, -0.2) is 26.4 Å². The van der Waals surface area contributed by atoms with E-state index in [-0.39, 0.29) is 23.3 Å². The van der Waals surface area contributed by atoms with Gasteiger partial charge in [0.15, 0.2) is 16.8 Å². The van der Waals surface area contributed by atoms with E-state index in [1.807, 2.05) is 0 Å². The average molecular weight is 298 g/mol. The minimum Gasteiger partial charge on any atom is -0.481 e. The second-order valence-corrected chi connectivity index (χ2v) is 5.29. The Hall–Kier alpha value is -1.89. The zero-order valence-corrected chi connectivity index (χ0v) is 11.5. The molecule has 0 unspecified atom stereocenters. The van der Waals surface area contributed by atoms with Crippen molar-refractivity contribution in [3.63, 3.8) is 0 Å². The summed E-state index contributed by atoms with van der Waals surface area (Å²) in [5, 5.41) is 9.04. The average Bonchev–Trinajstić information content (AvgIpc) is 2.69. The van der Waals surface area contributed by atoms with E-state index in [1.54, 1.807) is 6.92 Å². The molecule has 0 aliphatic heterocycles. The van der Waals surface area contributed by atoms with Crippen molar-refractivity contribution >= 4 is 28.8 Å². The van der Waals surface area contributed by atoms with Crippen LogP contribution in [0.4, 0.5) is 8.78 Å². The molecular weight excluding hydrogens is 286 g/mol. The maximum absolute atomic E-state index is 13.9. The van der Waals surface area contributed by atoms with Crippen LogP contribution in [0.25, 0.3) is 11.0 Å². The zero-order chi connectivity index (χ0) is 14.9. The third-order valence-corrected chi connectivity index (χ3v) is 3.48. The topological polar surface area (TPSA) is 55.1 Å². The summed E-state index contributed by atoms with van der Waals surface area (Å²) in [6.07, 6.45) is 0. The third-order valence-electron chi connectivity index (χ3n) is 2.52. The highest BCUT2D eigenvalue weighted by molar-refractivity contribution is 7.99. The van der Waals surface area contributed by atoms with Crippen molar-refractivity contribution in [3.05, 3.63) is 35.9 Å². The zero-order valence-electron chi connectivity index (χ0n) is 10.7. The van der Waals surface area contributed by atoms with Crippen LogP contribution < -0.4 is 0 Å². The van der Waals surface area contributed by atoms with Crippen LogP contribution in [0, 0.1) is 11.6 Å².